The van der Waals surface area contributed by atoms with E-state index in [2.05, 4.69) is 24.9 Å². The maximum Gasteiger partial charge on any atom is 0.0484 e. The maximum atomic E-state index is 6.76. The van der Waals surface area contributed by atoms with E-state index in [1.54, 1.807) is 0 Å². The summed E-state index contributed by atoms with van der Waals surface area (Å²) >= 11 is 0. The molecule has 0 aromatic carbocycles. The van der Waals surface area contributed by atoms with Crippen LogP contribution in [0.3, 0.4) is 0 Å². The highest BCUT2D eigenvalue weighted by molar-refractivity contribution is 5.32. The van der Waals surface area contributed by atoms with Gasteiger partial charge in [0.1, 0.15) is 0 Å². The van der Waals surface area contributed by atoms with E-state index in [0.29, 0.717) is 11.3 Å². The van der Waals surface area contributed by atoms with Crippen LogP contribution in [0.25, 0.3) is 0 Å². The van der Waals surface area contributed by atoms with Gasteiger partial charge in [0, 0.05) is 23.3 Å². The number of aryl methyl sites for hydroxylation is 1. The van der Waals surface area contributed by atoms with Gasteiger partial charge in [-0.3, -0.25) is 4.98 Å². The molecule has 0 saturated heterocycles. The second-order valence-corrected chi connectivity index (χ2v) is 7.04. The highest BCUT2D eigenvalue weighted by atomic mass is 14.8. The minimum absolute atomic E-state index is 0.00484. The van der Waals surface area contributed by atoms with Crippen molar-refractivity contribution in [3.8, 4) is 0 Å². The fraction of sp³-hybridized carbons (Fsp3) is 0.688. The minimum Gasteiger partial charge on any atom is -0.324 e. The highest BCUT2D eigenvalue weighted by Gasteiger charge is 2.44. The average Bonchev–Trinajstić information content (AvgIpc) is 2.78. The molecule has 2 aliphatic rings. The molecule has 2 heteroatoms. The predicted molar refractivity (Wildman–Crippen MR) is 74.5 cm³/mol. The molecule has 1 aromatic rings. The lowest BCUT2D eigenvalue weighted by atomic mass is 9.65. The van der Waals surface area contributed by atoms with Crippen molar-refractivity contribution in [2.24, 2.45) is 11.1 Å². The molecule has 2 aliphatic carbocycles. The predicted octanol–water partition coefficient (Wildman–Crippen LogP) is 3.41. The number of nitrogens with two attached hydrogens (primary N) is 1. The summed E-state index contributed by atoms with van der Waals surface area (Å²) in [7, 11) is 0. The number of aromatic nitrogens is 1. The minimum atomic E-state index is -0.00484. The summed E-state index contributed by atoms with van der Waals surface area (Å²) in [5.41, 5.74) is 9.96. The van der Waals surface area contributed by atoms with Crippen LogP contribution in [0.2, 0.25) is 0 Å². The summed E-state index contributed by atoms with van der Waals surface area (Å²) in [5, 5.41) is 0. The molecule has 0 aliphatic heterocycles. The number of fused-ring (bicyclic) bond motifs is 1. The van der Waals surface area contributed by atoms with Gasteiger partial charge in [0.25, 0.3) is 0 Å². The number of hydrogen-bond acceptors (Lipinski definition) is 2. The van der Waals surface area contributed by atoms with Crippen LogP contribution in [0.4, 0.5) is 0 Å². The molecule has 2 N–H and O–H groups in total. The number of rotatable bonds is 1. The summed E-state index contributed by atoms with van der Waals surface area (Å²) in [4.78, 5) is 4.62. The van der Waals surface area contributed by atoms with Gasteiger partial charge in [-0.25, -0.2) is 0 Å². The molecular weight excluding hydrogens is 220 g/mol. The molecule has 1 aromatic heterocycles. The largest absolute Gasteiger partial charge is 0.324 e. The molecule has 18 heavy (non-hydrogen) atoms. The average molecular weight is 244 g/mol. The third kappa shape index (κ3) is 1.97. The third-order valence-corrected chi connectivity index (χ3v) is 5.19. The lowest BCUT2D eigenvalue weighted by Gasteiger charge is -2.44. The molecule has 98 valence electrons. The third-order valence-electron chi connectivity index (χ3n) is 5.19. The SMILES string of the molecule is CC1(C)CCC(N)(C2CCc3cccnc32)CC1. The van der Waals surface area contributed by atoms with Crippen molar-refractivity contribution < 1.29 is 0 Å². The van der Waals surface area contributed by atoms with Crippen LogP contribution < -0.4 is 5.73 Å². The first-order valence-electron chi connectivity index (χ1n) is 7.23. The van der Waals surface area contributed by atoms with E-state index in [1.165, 1.54) is 30.5 Å². The molecule has 1 unspecified atom stereocenters. The van der Waals surface area contributed by atoms with Crippen molar-refractivity contribution in [2.75, 3.05) is 0 Å². The van der Waals surface area contributed by atoms with Crippen molar-refractivity contribution in [2.45, 2.75) is 63.8 Å². The Morgan fingerprint density at radius 3 is 2.67 bits per heavy atom. The van der Waals surface area contributed by atoms with Crippen LogP contribution >= 0.6 is 0 Å². The first-order chi connectivity index (χ1) is 8.50. The monoisotopic (exact) mass is 244 g/mol. The second-order valence-electron chi connectivity index (χ2n) is 7.04. The Morgan fingerprint density at radius 1 is 1.22 bits per heavy atom. The van der Waals surface area contributed by atoms with Crippen molar-refractivity contribution in [1.82, 2.24) is 4.98 Å². The smallest absolute Gasteiger partial charge is 0.0484 e. The molecule has 0 spiro atoms. The van der Waals surface area contributed by atoms with Gasteiger partial charge >= 0.3 is 0 Å². The normalized spacial score (nSPS) is 28.9. The van der Waals surface area contributed by atoms with E-state index in [0.717, 1.165) is 19.3 Å². The molecule has 1 heterocycles. The van der Waals surface area contributed by atoms with Crippen LogP contribution in [0.1, 0.15) is 63.1 Å². The van der Waals surface area contributed by atoms with E-state index < -0.39 is 0 Å². The van der Waals surface area contributed by atoms with Gasteiger partial charge in [-0.2, -0.15) is 0 Å². The van der Waals surface area contributed by atoms with Crippen LogP contribution in [-0.2, 0) is 6.42 Å². The van der Waals surface area contributed by atoms with E-state index in [9.17, 15) is 0 Å². The van der Waals surface area contributed by atoms with E-state index in [4.69, 9.17) is 5.73 Å². The molecule has 1 fully saturated rings. The molecule has 3 rings (SSSR count). The number of pyridine rings is 1. The van der Waals surface area contributed by atoms with Gasteiger partial charge in [0.05, 0.1) is 0 Å². The summed E-state index contributed by atoms with van der Waals surface area (Å²) in [6.45, 7) is 4.74. The Labute approximate surface area is 110 Å². The Hall–Kier alpha value is -0.890. The molecule has 1 saturated carbocycles. The molecule has 0 radical (unpaired) electrons. The van der Waals surface area contributed by atoms with Gasteiger partial charge in [-0.1, -0.05) is 19.9 Å². The quantitative estimate of drug-likeness (QED) is 0.822. The fourth-order valence-corrected chi connectivity index (χ4v) is 3.71. The van der Waals surface area contributed by atoms with Crippen LogP contribution in [0, 0.1) is 5.41 Å². The molecular formula is C16H24N2. The summed E-state index contributed by atoms with van der Waals surface area (Å²) < 4.78 is 0. The summed E-state index contributed by atoms with van der Waals surface area (Å²) in [5.74, 6) is 0.491. The zero-order valence-electron chi connectivity index (χ0n) is 11.6. The van der Waals surface area contributed by atoms with E-state index in [1.807, 2.05) is 12.3 Å². The van der Waals surface area contributed by atoms with Gasteiger partial charge in [0.2, 0.25) is 0 Å². The Kier molecular flexibility index (Phi) is 2.74. The van der Waals surface area contributed by atoms with Crippen LogP contribution in [-0.4, -0.2) is 10.5 Å². The first kappa shape index (κ1) is 12.2. The van der Waals surface area contributed by atoms with Crippen molar-refractivity contribution >= 4 is 0 Å². The molecule has 0 bridgehead atoms. The number of nitrogens with zero attached hydrogens (tertiary/aromatic N) is 1. The van der Waals surface area contributed by atoms with Gasteiger partial charge in [-0.05, 0) is 55.6 Å². The molecule has 0 amide bonds. The zero-order chi connectivity index (χ0) is 12.8. The van der Waals surface area contributed by atoms with Crippen molar-refractivity contribution in [1.29, 1.82) is 0 Å². The molecule has 2 nitrogen and oxygen atoms in total. The van der Waals surface area contributed by atoms with Crippen LogP contribution in [0.5, 0.6) is 0 Å². The zero-order valence-corrected chi connectivity index (χ0v) is 11.6. The van der Waals surface area contributed by atoms with Crippen LogP contribution in [0.15, 0.2) is 18.3 Å². The van der Waals surface area contributed by atoms with Crippen molar-refractivity contribution in [3.63, 3.8) is 0 Å². The second kappa shape index (κ2) is 4.06. The number of hydrogen-bond donors (Lipinski definition) is 1. The fourth-order valence-electron chi connectivity index (χ4n) is 3.71. The van der Waals surface area contributed by atoms with E-state index in [-0.39, 0.29) is 5.54 Å². The topological polar surface area (TPSA) is 38.9 Å². The lowest BCUT2D eigenvalue weighted by Crippen LogP contribution is -2.49. The first-order valence-corrected chi connectivity index (χ1v) is 7.23. The lowest BCUT2D eigenvalue weighted by molar-refractivity contribution is 0.142. The van der Waals surface area contributed by atoms with Crippen molar-refractivity contribution in [3.05, 3.63) is 29.6 Å². The maximum absolute atomic E-state index is 6.76. The molecule has 1 atom stereocenters. The van der Waals surface area contributed by atoms with Gasteiger partial charge < -0.3 is 5.73 Å². The Morgan fingerprint density at radius 2 is 1.94 bits per heavy atom. The summed E-state index contributed by atoms with van der Waals surface area (Å²) in [6, 6.07) is 4.27. The summed E-state index contributed by atoms with van der Waals surface area (Å²) in [6.07, 6.45) is 9.10. The Balaban J connectivity index is 1.84. The van der Waals surface area contributed by atoms with Gasteiger partial charge in [-0.15, -0.1) is 0 Å². The highest BCUT2D eigenvalue weighted by Crippen LogP contribution is 2.48. The van der Waals surface area contributed by atoms with E-state index >= 15 is 0 Å². The standard InChI is InChI=1S/C16H24N2/c1-15(2)7-9-16(17,10-8-15)13-6-5-12-4-3-11-18-14(12)13/h3-4,11,13H,5-10,17H2,1-2H3. The Bertz CT molecular complexity index is 440. The van der Waals surface area contributed by atoms with Gasteiger partial charge in [0.15, 0.2) is 0 Å².